The Morgan fingerprint density at radius 1 is 1.38 bits per heavy atom. The lowest BCUT2D eigenvalue weighted by atomic mass is 10.1. The minimum absolute atomic E-state index is 0.0500. The molecule has 1 fully saturated rings. The van der Waals surface area contributed by atoms with Crippen LogP contribution >= 0.6 is 0 Å². The molecule has 2 aromatic rings. The molecule has 3 rings (SSSR count). The molecule has 0 bridgehead atoms. The Kier molecular flexibility index (Phi) is 4.66. The maximum atomic E-state index is 12.5. The highest BCUT2D eigenvalue weighted by Gasteiger charge is 2.24. The van der Waals surface area contributed by atoms with Gasteiger partial charge in [-0.15, -0.1) is 0 Å². The summed E-state index contributed by atoms with van der Waals surface area (Å²) >= 11 is 0. The second kappa shape index (κ2) is 6.88. The Hall–Kier alpha value is -2.61. The summed E-state index contributed by atoms with van der Waals surface area (Å²) in [6, 6.07) is 1.81. The zero-order valence-electron chi connectivity index (χ0n) is 13.7. The molecule has 0 radical (unpaired) electrons. The Bertz CT molecular complexity index is 789. The molecule has 1 aliphatic rings. The van der Waals surface area contributed by atoms with Crippen molar-refractivity contribution in [1.82, 2.24) is 30.2 Å². The van der Waals surface area contributed by atoms with Crippen LogP contribution < -0.4 is 10.9 Å². The van der Waals surface area contributed by atoms with Gasteiger partial charge in [0.05, 0.1) is 6.42 Å². The van der Waals surface area contributed by atoms with E-state index in [0.717, 1.165) is 13.1 Å². The zero-order valence-corrected chi connectivity index (χ0v) is 13.7. The van der Waals surface area contributed by atoms with E-state index in [1.54, 1.807) is 25.4 Å². The first-order chi connectivity index (χ1) is 11.6. The molecule has 0 unspecified atom stereocenters. The Balaban J connectivity index is 1.84. The standard InChI is InChI=1S/C16H20N6O2/c1-10-9-17-6-7-22(10)13(23)8-12-11(2)20-15(21-16(12)24)14-18-4-3-5-19-14/h3-5,10,17H,6-9H2,1-2H3,(H,20,21,24)/t10-/m0/s1. The van der Waals surface area contributed by atoms with Crippen molar-refractivity contribution in [2.75, 3.05) is 19.6 Å². The lowest BCUT2D eigenvalue weighted by Gasteiger charge is -2.34. The summed E-state index contributed by atoms with van der Waals surface area (Å²) in [5.41, 5.74) is 0.601. The number of aryl methyl sites for hydroxylation is 1. The van der Waals surface area contributed by atoms with Crippen LogP contribution in [0, 0.1) is 6.92 Å². The van der Waals surface area contributed by atoms with Crippen molar-refractivity contribution in [3.63, 3.8) is 0 Å². The molecule has 1 amide bonds. The molecule has 0 aromatic carbocycles. The number of piperazine rings is 1. The first kappa shape index (κ1) is 16.3. The summed E-state index contributed by atoms with van der Waals surface area (Å²) in [7, 11) is 0. The molecule has 126 valence electrons. The van der Waals surface area contributed by atoms with E-state index in [2.05, 4.69) is 25.3 Å². The maximum Gasteiger partial charge on any atom is 0.255 e. The third-order valence-corrected chi connectivity index (χ3v) is 4.15. The first-order valence-corrected chi connectivity index (χ1v) is 7.93. The number of H-pyrrole nitrogens is 1. The quantitative estimate of drug-likeness (QED) is 0.815. The number of hydrogen-bond acceptors (Lipinski definition) is 6. The van der Waals surface area contributed by atoms with Gasteiger partial charge in [-0.2, -0.15) is 0 Å². The summed E-state index contributed by atoms with van der Waals surface area (Å²) in [5, 5.41) is 3.24. The fourth-order valence-electron chi connectivity index (χ4n) is 2.81. The second-order valence-electron chi connectivity index (χ2n) is 5.87. The van der Waals surface area contributed by atoms with Crippen molar-refractivity contribution < 1.29 is 4.79 Å². The van der Waals surface area contributed by atoms with Gasteiger partial charge in [0, 0.05) is 49.3 Å². The third-order valence-electron chi connectivity index (χ3n) is 4.15. The van der Waals surface area contributed by atoms with Crippen LogP contribution in [0.15, 0.2) is 23.3 Å². The highest BCUT2D eigenvalue weighted by atomic mass is 16.2. The molecule has 1 aliphatic heterocycles. The highest BCUT2D eigenvalue weighted by Crippen LogP contribution is 2.11. The predicted octanol–water partition coefficient (Wildman–Crippen LogP) is -0.102. The largest absolute Gasteiger partial charge is 0.337 e. The average Bonchev–Trinajstić information content (AvgIpc) is 2.59. The summed E-state index contributed by atoms with van der Waals surface area (Å²) in [6.07, 6.45) is 3.22. The molecule has 3 heterocycles. The van der Waals surface area contributed by atoms with E-state index in [4.69, 9.17) is 0 Å². The van der Waals surface area contributed by atoms with Crippen molar-refractivity contribution >= 4 is 5.91 Å². The number of nitrogens with one attached hydrogen (secondary N) is 2. The van der Waals surface area contributed by atoms with E-state index in [-0.39, 0.29) is 23.9 Å². The molecule has 0 aliphatic carbocycles. The van der Waals surface area contributed by atoms with E-state index in [1.165, 1.54) is 0 Å². The van der Waals surface area contributed by atoms with Crippen molar-refractivity contribution in [1.29, 1.82) is 0 Å². The Labute approximate surface area is 139 Å². The van der Waals surface area contributed by atoms with Crippen LogP contribution in [-0.4, -0.2) is 56.4 Å². The Morgan fingerprint density at radius 2 is 2.12 bits per heavy atom. The van der Waals surface area contributed by atoms with E-state index in [9.17, 15) is 9.59 Å². The molecule has 2 aromatic heterocycles. The number of nitrogens with zero attached hydrogens (tertiary/aromatic N) is 4. The van der Waals surface area contributed by atoms with Gasteiger partial charge in [-0.25, -0.2) is 15.0 Å². The van der Waals surface area contributed by atoms with Gasteiger partial charge in [0.15, 0.2) is 11.6 Å². The fourth-order valence-corrected chi connectivity index (χ4v) is 2.81. The zero-order chi connectivity index (χ0) is 17.1. The van der Waals surface area contributed by atoms with Gasteiger partial charge < -0.3 is 15.2 Å². The van der Waals surface area contributed by atoms with E-state index < -0.39 is 0 Å². The van der Waals surface area contributed by atoms with Crippen LogP contribution in [0.3, 0.4) is 0 Å². The molecule has 0 spiro atoms. The summed E-state index contributed by atoms with van der Waals surface area (Å²) in [6.45, 7) is 5.92. The number of aromatic nitrogens is 4. The van der Waals surface area contributed by atoms with Gasteiger partial charge in [0.25, 0.3) is 5.56 Å². The van der Waals surface area contributed by atoms with Gasteiger partial charge in [-0.1, -0.05) is 0 Å². The molecule has 1 saturated heterocycles. The maximum absolute atomic E-state index is 12.5. The minimum Gasteiger partial charge on any atom is -0.337 e. The van der Waals surface area contributed by atoms with Crippen LogP contribution in [0.2, 0.25) is 0 Å². The van der Waals surface area contributed by atoms with Gasteiger partial charge in [0.2, 0.25) is 5.91 Å². The van der Waals surface area contributed by atoms with Gasteiger partial charge in [-0.3, -0.25) is 9.59 Å². The smallest absolute Gasteiger partial charge is 0.255 e. The van der Waals surface area contributed by atoms with Crippen LogP contribution in [-0.2, 0) is 11.2 Å². The van der Waals surface area contributed by atoms with Gasteiger partial charge >= 0.3 is 0 Å². The number of carbonyl (C=O) groups excluding carboxylic acids is 1. The summed E-state index contributed by atoms with van der Waals surface area (Å²) in [5.74, 6) is 0.610. The molecule has 0 saturated carbocycles. The van der Waals surface area contributed by atoms with Crippen LogP contribution in [0.4, 0.5) is 0 Å². The lowest BCUT2D eigenvalue weighted by molar-refractivity contribution is -0.133. The molecular weight excluding hydrogens is 308 g/mol. The van der Waals surface area contributed by atoms with Crippen molar-refractivity contribution in [2.24, 2.45) is 0 Å². The number of hydrogen-bond donors (Lipinski definition) is 2. The number of carbonyl (C=O) groups is 1. The highest BCUT2D eigenvalue weighted by molar-refractivity contribution is 5.79. The first-order valence-electron chi connectivity index (χ1n) is 7.93. The van der Waals surface area contributed by atoms with Crippen LogP contribution in [0.25, 0.3) is 11.6 Å². The van der Waals surface area contributed by atoms with Gasteiger partial charge in [-0.05, 0) is 19.9 Å². The number of rotatable bonds is 3. The minimum atomic E-state index is -0.318. The van der Waals surface area contributed by atoms with Crippen molar-refractivity contribution in [3.05, 3.63) is 40.1 Å². The van der Waals surface area contributed by atoms with E-state index in [1.807, 2.05) is 11.8 Å². The number of aromatic amines is 1. The second-order valence-corrected chi connectivity index (χ2v) is 5.87. The molecule has 8 nitrogen and oxygen atoms in total. The topological polar surface area (TPSA) is 104 Å². The van der Waals surface area contributed by atoms with E-state index in [0.29, 0.717) is 29.5 Å². The monoisotopic (exact) mass is 328 g/mol. The molecule has 8 heteroatoms. The predicted molar refractivity (Wildman–Crippen MR) is 88.4 cm³/mol. The van der Waals surface area contributed by atoms with Crippen LogP contribution in [0.1, 0.15) is 18.2 Å². The van der Waals surface area contributed by atoms with Crippen molar-refractivity contribution in [2.45, 2.75) is 26.3 Å². The van der Waals surface area contributed by atoms with Gasteiger partial charge in [0.1, 0.15) is 0 Å². The van der Waals surface area contributed by atoms with E-state index >= 15 is 0 Å². The van der Waals surface area contributed by atoms with Crippen LogP contribution in [0.5, 0.6) is 0 Å². The van der Waals surface area contributed by atoms with Crippen molar-refractivity contribution in [3.8, 4) is 11.6 Å². The third kappa shape index (κ3) is 3.33. The normalized spacial score (nSPS) is 17.8. The molecular formula is C16H20N6O2. The fraction of sp³-hybridized carbons (Fsp3) is 0.438. The lowest BCUT2D eigenvalue weighted by Crippen LogP contribution is -2.52. The molecule has 24 heavy (non-hydrogen) atoms. The molecule has 2 N–H and O–H groups in total. The number of amides is 1. The summed E-state index contributed by atoms with van der Waals surface area (Å²) in [4.78, 5) is 41.9. The molecule has 1 atom stereocenters. The summed E-state index contributed by atoms with van der Waals surface area (Å²) < 4.78 is 0. The average molecular weight is 328 g/mol. The Morgan fingerprint density at radius 3 is 2.79 bits per heavy atom. The SMILES string of the molecule is Cc1nc(-c2ncccn2)[nH]c(=O)c1CC(=O)N1CCNC[C@@H]1C.